The van der Waals surface area contributed by atoms with Crippen LogP contribution < -0.4 is 20.2 Å². The SMILES string of the molecule is C=C/C=c1/c(N(c2ccccc2)c2ccc(-c3ccc(N(c4ccccc4)c4cccc5ccccc45)cc3)cc2)cccc1=C. The van der Waals surface area contributed by atoms with Gasteiger partial charge in [0.2, 0.25) is 0 Å². The number of nitrogens with zero attached hydrogens (tertiary/aromatic N) is 2. The topological polar surface area (TPSA) is 6.48 Å². The highest BCUT2D eigenvalue weighted by molar-refractivity contribution is 5.99. The molecule has 0 saturated carbocycles. The van der Waals surface area contributed by atoms with Gasteiger partial charge in [-0.1, -0.05) is 135 Å². The first kappa shape index (κ1) is 28.6. The van der Waals surface area contributed by atoms with Crippen LogP contribution in [0.3, 0.4) is 0 Å². The van der Waals surface area contributed by atoms with E-state index < -0.39 is 0 Å². The molecule has 2 nitrogen and oxygen atoms in total. The number of benzene rings is 7. The molecule has 0 N–H and O–H groups in total. The lowest BCUT2D eigenvalue weighted by Crippen LogP contribution is -2.29. The predicted molar refractivity (Wildman–Crippen MR) is 198 cm³/mol. The Balaban J connectivity index is 1.26. The Kier molecular flexibility index (Phi) is 8.00. The van der Waals surface area contributed by atoms with Crippen molar-refractivity contribution in [3.63, 3.8) is 0 Å². The lowest BCUT2D eigenvalue weighted by Gasteiger charge is -2.27. The minimum absolute atomic E-state index is 0.961. The summed E-state index contributed by atoms with van der Waals surface area (Å²) in [4.78, 5) is 4.61. The predicted octanol–water partition coefficient (Wildman–Crippen LogP) is 10.8. The second-order valence-electron chi connectivity index (χ2n) is 11.2. The van der Waals surface area contributed by atoms with Gasteiger partial charge in [0.1, 0.15) is 0 Å². The molecule has 220 valence electrons. The average molecular weight is 591 g/mol. The third-order valence-corrected chi connectivity index (χ3v) is 8.32. The molecule has 7 aromatic rings. The van der Waals surface area contributed by atoms with Crippen LogP contribution in [0, 0.1) is 0 Å². The summed E-state index contributed by atoms with van der Waals surface area (Å²) in [5.41, 5.74) is 8.91. The summed E-state index contributed by atoms with van der Waals surface area (Å²) in [6.07, 6.45) is 3.85. The van der Waals surface area contributed by atoms with Crippen molar-refractivity contribution in [2.45, 2.75) is 0 Å². The summed E-state index contributed by atoms with van der Waals surface area (Å²) >= 11 is 0. The summed E-state index contributed by atoms with van der Waals surface area (Å²) in [6, 6.07) is 59.9. The van der Waals surface area contributed by atoms with Crippen molar-refractivity contribution in [3.8, 4) is 11.1 Å². The van der Waals surface area contributed by atoms with Crippen molar-refractivity contribution in [1.82, 2.24) is 0 Å². The van der Waals surface area contributed by atoms with E-state index in [-0.39, 0.29) is 0 Å². The summed E-state index contributed by atoms with van der Waals surface area (Å²) in [6.45, 7) is 8.23. The van der Waals surface area contributed by atoms with Crippen LogP contribution in [0.15, 0.2) is 183 Å². The Hall–Kier alpha value is -6.12. The summed E-state index contributed by atoms with van der Waals surface area (Å²) < 4.78 is 0. The van der Waals surface area contributed by atoms with E-state index in [0.717, 1.165) is 55.7 Å². The highest BCUT2D eigenvalue weighted by Crippen LogP contribution is 2.40. The van der Waals surface area contributed by atoms with Crippen LogP contribution in [0.2, 0.25) is 0 Å². The van der Waals surface area contributed by atoms with E-state index in [0.29, 0.717) is 0 Å². The molecule has 0 spiro atoms. The second-order valence-corrected chi connectivity index (χ2v) is 11.2. The maximum atomic E-state index is 4.29. The van der Waals surface area contributed by atoms with E-state index >= 15 is 0 Å². The Morgan fingerprint density at radius 3 is 1.46 bits per heavy atom. The third kappa shape index (κ3) is 5.60. The van der Waals surface area contributed by atoms with Gasteiger partial charge in [-0.25, -0.2) is 0 Å². The van der Waals surface area contributed by atoms with E-state index in [1.807, 2.05) is 24.3 Å². The lowest BCUT2D eigenvalue weighted by molar-refractivity contribution is 1.26. The fourth-order valence-electron chi connectivity index (χ4n) is 6.12. The summed E-state index contributed by atoms with van der Waals surface area (Å²) in [5, 5.41) is 4.45. The molecule has 0 saturated heterocycles. The minimum Gasteiger partial charge on any atom is -0.310 e. The van der Waals surface area contributed by atoms with Gasteiger partial charge < -0.3 is 9.80 Å². The van der Waals surface area contributed by atoms with Crippen LogP contribution in [0.4, 0.5) is 34.1 Å². The molecule has 2 heteroatoms. The molecule has 0 aromatic heterocycles. The molecular formula is C44H34N2. The first-order valence-corrected chi connectivity index (χ1v) is 15.5. The van der Waals surface area contributed by atoms with E-state index in [1.165, 1.54) is 10.8 Å². The van der Waals surface area contributed by atoms with Gasteiger partial charge in [0, 0.05) is 33.4 Å². The van der Waals surface area contributed by atoms with E-state index in [9.17, 15) is 0 Å². The molecule has 0 amide bonds. The largest absolute Gasteiger partial charge is 0.310 e. The number of allylic oxidation sites excluding steroid dienone is 1. The van der Waals surface area contributed by atoms with Crippen molar-refractivity contribution in [2.75, 3.05) is 9.80 Å². The Morgan fingerprint density at radius 2 is 0.870 bits per heavy atom. The molecule has 0 bridgehead atoms. The maximum Gasteiger partial charge on any atom is 0.0540 e. The van der Waals surface area contributed by atoms with Crippen LogP contribution in [-0.2, 0) is 0 Å². The van der Waals surface area contributed by atoms with Gasteiger partial charge >= 0.3 is 0 Å². The van der Waals surface area contributed by atoms with Crippen LogP contribution in [0.5, 0.6) is 0 Å². The normalized spacial score (nSPS) is 11.3. The molecule has 46 heavy (non-hydrogen) atoms. The zero-order valence-corrected chi connectivity index (χ0v) is 25.6. The van der Waals surface area contributed by atoms with Crippen LogP contribution >= 0.6 is 0 Å². The van der Waals surface area contributed by atoms with Crippen molar-refractivity contribution in [2.24, 2.45) is 0 Å². The maximum absolute atomic E-state index is 4.29. The van der Waals surface area contributed by atoms with Crippen molar-refractivity contribution in [3.05, 3.63) is 193 Å². The fraction of sp³-hybridized carbons (Fsp3) is 0. The molecule has 0 atom stereocenters. The van der Waals surface area contributed by atoms with Crippen LogP contribution in [-0.4, -0.2) is 0 Å². The van der Waals surface area contributed by atoms with E-state index in [4.69, 9.17) is 0 Å². The monoisotopic (exact) mass is 590 g/mol. The van der Waals surface area contributed by atoms with Gasteiger partial charge in [-0.3, -0.25) is 0 Å². The Labute approximate surface area is 270 Å². The number of anilines is 6. The van der Waals surface area contributed by atoms with Gasteiger partial charge in [-0.05, 0) is 82.4 Å². The van der Waals surface area contributed by atoms with Gasteiger partial charge in [-0.15, -0.1) is 0 Å². The Morgan fingerprint density at radius 1 is 0.413 bits per heavy atom. The first-order valence-electron chi connectivity index (χ1n) is 15.5. The van der Waals surface area contributed by atoms with Gasteiger partial charge in [0.15, 0.2) is 0 Å². The lowest BCUT2D eigenvalue weighted by atomic mass is 10.0. The molecular weight excluding hydrogens is 556 g/mol. The molecule has 0 aliphatic carbocycles. The smallest absolute Gasteiger partial charge is 0.0540 e. The van der Waals surface area contributed by atoms with Gasteiger partial charge in [0.25, 0.3) is 0 Å². The average Bonchev–Trinajstić information content (AvgIpc) is 3.12. The third-order valence-electron chi connectivity index (χ3n) is 8.32. The molecule has 7 aromatic carbocycles. The van der Waals surface area contributed by atoms with E-state index in [1.54, 1.807) is 0 Å². The highest BCUT2D eigenvalue weighted by Gasteiger charge is 2.16. The molecule has 7 rings (SSSR count). The number of hydrogen-bond acceptors (Lipinski definition) is 2. The Bertz CT molecular complexity index is 2210. The summed E-state index contributed by atoms with van der Waals surface area (Å²) in [7, 11) is 0. The quantitative estimate of drug-likeness (QED) is 0.174. The van der Waals surface area contributed by atoms with Crippen LogP contribution in [0.25, 0.3) is 34.6 Å². The molecule has 0 fully saturated rings. The zero-order chi connectivity index (χ0) is 31.3. The molecule has 0 aliphatic heterocycles. The molecule has 0 radical (unpaired) electrons. The van der Waals surface area contributed by atoms with Gasteiger partial charge in [0.05, 0.1) is 11.4 Å². The summed E-state index contributed by atoms with van der Waals surface area (Å²) in [5.74, 6) is 0. The zero-order valence-electron chi connectivity index (χ0n) is 25.6. The van der Waals surface area contributed by atoms with Crippen molar-refractivity contribution in [1.29, 1.82) is 0 Å². The van der Waals surface area contributed by atoms with Crippen LogP contribution in [0.1, 0.15) is 0 Å². The number of para-hydroxylation sites is 2. The molecule has 0 unspecified atom stereocenters. The highest BCUT2D eigenvalue weighted by atomic mass is 15.1. The van der Waals surface area contributed by atoms with Gasteiger partial charge in [-0.2, -0.15) is 0 Å². The molecule has 0 aliphatic rings. The second kappa shape index (κ2) is 12.9. The van der Waals surface area contributed by atoms with E-state index in [2.05, 4.69) is 181 Å². The minimum atomic E-state index is 0.961. The number of rotatable bonds is 8. The number of hydrogen-bond donors (Lipinski definition) is 0. The number of fused-ring (bicyclic) bond motifs is 1. The molecule has 0 heterocycles. The standard InChI is InChI=1S/C44H34N2/c1-3-14-41-33(2)15-12-23-43(41)45(37-18-6-4-7-19-37)39-29-25-34(26-30-39)35-27-31-40(32-28-35)46(38-20-8-5-9-21-38)44-24-13-17-36-16-10-11-22-42(36)44/h3-32H,1-2H2/b41-14+. The first-order chi connectivity index (χ1) is 22.7. The van der Waals surface area contributed by atoms with Crippen molar-refractivity contribution < 1.29 is 0 Å². The fourth-order valence-corrected chi connectivity index (χ4v) is 6.12. The van der Waals surface area contributed by atoms with Crippen molar-refractivity contribution >= 4 is 57.6 Å².